The molecular weight excluding hydrogens is 384 g/mol. The zero-order chi connectivity index (χ0) is 19.6. The Morgan fingerprint density at radius 2 is 1.90 bits per heavy atom. The molecule has 7 heteroatoms. The summed E-state index contributed by atoms with van der Waals surface area (Å²) in [5.74, 6) is 2.37. The molecule has 29 heavy (non-hydrogen) atoms. The highest BCUT2D eigenvalue weighted by atomic mass is 32.1. The number of imidazole rings is 1. The summed E-state index contributed by atoms with van der Waals surface area (Å²) in [6.07, 6.45) is 0. The summed E-state index contributed by atoms with van der Waals surface area (Å²) in [6, 6.07) is 21.8. The molecule has 0 saturated carbocycles. The van der Waals surface area contributed by atoms with Gasteiger partial charge >= 0.3 is 0 Å². The molecule has 1 aliphatic heterocycles. The number of fused-ring (bicyclic) bond motifs is 2. The molecule has 0 radical (unpaired) electrons. The normalized spacial score (nSPS) is 12.1. The fraction of sp³-hybridized carbons (Fsp3) is 0.0909. The highest BCUT2D eigenvalue weighted by Crippen LogP contribution is 2.32. The molecule has 0 spiro atoms. The van der Waals surface area contributed by atoms with Crippen molar-refractivity contribution in [1.29, 1.82) is 0 Å². The molecule has 6 nitrogen and oxygen atoms in total. The summed E-state index contributed by atoms with van der Waals surface area (Å²) in [5.41, 5.74) is 4.91. The average molecular weight is 402 g/mol. The van der Waals surface area contributed by atoms with Crippen molar-refractivity contribution in [1.82, 2.24) is 15.3 Å². The molecule has 0 amide bonds. The van der Waals surface area contributed by atoms with Gasteiger partial charge in [0.15, 0.2) is 16.6 Å². The van der Waals surface area contributed by atoms with Gasteiger partial charge < -0.3 is 25.1 Å². The molecule has 1 aliphatic rings. The van der Waals surface area contributed by atoms with E-state index in [9.17, 15) is 0 Å². The predicted octanol–water partition coefficient (Wildman–Crippen LogP) is 4.45. The van der Waals surface area contributed by atoms with Crippen LogP contribution >= 0.6 is 12.2 Å². The van der Waals surface area contributed by atoms with Gasteiger partial charge in [0.1, 0.15) is 5.82 Å². The number of hydrogen-bond donors (Lipinski definition) is 3. The van der Waals surface area contributed by atoms with Crippen molar-refractivity contribution < 1.29 is 9.47 Å². The minimum atomic E-state index is 0.272. The van der Waals surface area contributed by atoms with Crippen molar-refractivity contribution >= 4 is 34.1 Å². The highest BCUT2D eigenvalue weighted by Gasteiger charge is 2.13. The fourth-order valence-corrected chi connectivity index (χ4v) is 3.43. The number of H-pyrrole nitrogens is 1. The van der Waals surface area contributed by atoms with Crippen molar-refractivity contribution in [3.63, 3.8) is 0 Å². The number of thiocarbonyl (C=S) groups is 1. The second-order valence-corrected chi connectivity index (χ2v) is 7.09. The zero-order valence-electron chi connectivity index (χ0n) is 15.4. The Bertz CT molecular complexity index is 1170. The van der Waals surface area contributed by atoms with E-state index in [1.807, 2.05) is 66.7 Å². The Morgan fingerprint density at radius 1 is 1.00 bits per heavy atom. The average Bonchev–Trinajstić information content (AvgIpc) is 3.39. The molecular formula is C22H18N4O2S. The number of para-hydroxylation sites is 2. The minimum Gasteiger partial charge on any atom is -0.454 e. The molecule has 0 fully saturated rings. The van der Waals surface area contributed by atoms with Crippen molar-refractivity contribution in [3.8, 4) is 22.9 Å². The summed E-state index contributed by atoms with van der Waals surface area (Å²) in [7, 11) is 0. The van der Waals surface area contributed by atoms with Crippen LogP contribution in [0.25, 0.3) is 22.4 Å². The number of ether oxygens (including phenoxy) is 2. The van der Waals surface area contributed by atoms with Gasteiger partial charge in [-0.15, -0.1) is 0 Å². The van der Waals surface area contributed by atoms with E-state index in [1.165, 1.54) is 0 Å². The maximum Gasteiger partial charge on any atom is 0.231 e. The molecule has 0 bridgehead atoms. The number of aromatic amines is 1. The topological polar surface area (TPSA) is 71.2 Å². The van der Waals surface area contributed by atoms with Crippen LogP contribution in [0.5, 0.6) is 11.5 Å². The second-order valence-electron chi connectivity index (χ2n) is 6.68. The van der Waals surface area contributed by atoms with Gasteiger partial charge in [-0.2, -0.15) is 0 Å². The van der Waals surface area contributed by atoms with E-state index in [2.05, 4.69) is 20.6 Å². The van der Waals surface area contributed by atoms with Crippen LogP contribution in [0.15, 0.2) is 66.7 Å². The van der Waals surface area contributed by atoms with Crippen LogP contribution < -0.4 is 20.1 Å². The number of rotatable bonds is 4. The van der Waals surface area contributed by atoms with Crippen LogP contribution in [0.3, 0.4) is 0 Å². The lowest BCUT2D eigenvalue weighted by Crippen LogP contribution is -2.27. The Hall–Kier alpha value is -3.58. The van der Waals surface area contributed by atoms with E-state index in [-0.39, 0.29) is 6.79 Å². The fourth-order valence-electron chi connectivity index (χ4n) is 3.24. The monoisotopic (exact) mass is 402 g/mol. The lowest BCUT2D eigenvalue weighted by Gasteiger charge is -2.11. The Kier molecular flexibility index (Phi) is 4.50. The smallest absolute Gasteiger partial charge is 0.231 e. The first-order valence-corrected chi connectivity index (χ1v) is 9.64. The first-order valence-electron chi connectivity index (χ1n) is 9.23. The van der Waals surface area contributed by atoms with Gasteiger partial charge in [-0.05, 0) is 54.2 Å². The Labute approximate surface area is 172 Å². The van der Waals surface area contributed by atoms with Gasteiger partial charge in [-0.1, -0.05) is 30.3 Å². The van der Waals surface area contributed by atoms with E-state index >= 15 is 0 Å². The molecule has 3 N–H and O–H groups in total. The number of nitrogens with zero attached hydrogens (tertiary/aromatic N) is 1. The van der Waals surface area contributed by atoms with Gasteiger partial charge in [0.25, 0.3) is 0 Å². The second kappa shape index (κ2) is 7.44. The molecule has 144 valence electrons. The quantitative estimate of drug-likeness (QED) is 0.438. The maximum absolute atomic E-state index is 5.45. The summed E-state index contributed by atoms with van der Waals surface area (Å²) in [4.78, 5) is 8.00. The highest BCUT2D eigenvalue weighted by molar-refractivity contribution is 7.80. The minimum absolute atomic E-state index is 0.272. The SMILES string of the molecule is S=C(NCc1ccc2c(c1)OCO2)Nc1cccc(-c2nc3ccccc3[nH]2)c1. The lowest BCUT2D eigenvalue weighted by molar-refractivity contribution is 0.174. The van der Waals surface area contributed by atoms with E-state index in [1.54, 1.807) is 0 Å². The molecule has 4 aromatic rings. The number of aromatic nitrogens is 2. The van der Waals surface area contributed by atoms with E-state index in [0.717, 1.165) is 45.2 Å². The molecule has 1 aromatic heterocycles. The third kappa shape index (κ3) is 3.72. The number of benzene rings is 3. The standard InChI is InChI=1S/C22H18N4O2S/c29-22(23-12-14-8-9-19-20(10-14)28-13-27-19)24-16-5-3-4-15(11-16)21-25-17-6-1-2-7-18(17)26-21/h1-11H,12-13H2,(H,25,26)(H2,23,24,29). The van der Waals surface area contributed by atoms with Crippen LogP contribution in [0.2, 0.25) is 0 Å². The Balaban J connectivity index is 1.25. The number of nitrogens with one attached hydrogen (secondary N) is 3. The Morgan fingerprint density at radius 3 is 2.83 bits per heavy atom. The van der Waals surface area contributed by atoms with Crippen LogP contribution in [0.1, 0.15) is 5.56 Å². The molecule has 5 rings (SSSR count). The molecule has 0 unspecified atom stereocenters. The summed E-state index contributed by atoms with van der Waals surface area (Å²) >= 11 is 5.45. The summed E-state index contributed by atoms with van der Waals surface area (Å²) in [6.45, 7) is 0.861. The van der Waals surface area contributed by atoms with Crippen LogP contribution in [0, 0.1) is 0 Å². The molecule has 2 heterocycles. The zero-order valence-corrected chi connectivity index (χ0v) is 16.3. The molecule has 0 aliphatic carbocycles. The first-order chi connectivity index (χ1) is 14.2. The molecule has 3 aromatic carbocycles. The van der Waals surface area contributed by atoms with E-state index in [0.29, 0.717) is 11.7 Å². The van der Waals surface area contributed by atoms with Gasteiger partial charge in [-0.3, -0.25) is 0 Å². The van der Waals surface area contributed by atoms with Gasteiger partial charge in [0, 0.05) is 17.8 Å². The lowest BCUT2D eigenvalue weighted by atomic mass is 10.2. The van der Waals surface area contributed by atoms with Crippen LogP contribution in [-0.4, -0.2) is 21.9 Å². The maximum atomic E-state index is 5.45. The van der Waals surface area contributed by atoms with Crippen molar-refractivity contribution in [2.24, 2.45) is 0 Å². The van der Waals surface area contributed by atoms with E-state index < -0.39 is 0 Å². The molecule has 0 saturated heterocycles. The summed E-state index contributed by atoms with van der Waals surface area (Å²) in [5, 5.41) is 7.00. The van der Waals surface area contributed by atoms with Gasteiger partial charge in [-0.25, -0.2) is 4.98 Å². The predicted molar refractivity (Wildman–Crippen MR) is 117 cm³/mol. The summed E-state index contributed by atoms with van der Waals surface area (Å²) < 4.78 is 10.7. The third-order valence-corrected chi connectivity index (χ3v) is 4.92. The largest absolute Gasteiger partial charge is 0.454 e. The van der Waals surface area contributed by atoms with Crippen molar-refractivity contribution in [2.75, 3.05) is 12.1 Å². The van der Waals surface area contributed by atoms with E-state index in [4.69, 9.17) is 21.7 Å². The first kappa shape index (κ1) is 17.5. The number of anilines is 1. The van der Waals surface area contributed by atoms with Crippen LogP contribution in [-0.2, 0) is 6.54 Å². The van der Waals surface area contributed by atoms with Gasteiger partial charge in [0.2, 0.25) is 6.79 Å². The van der Waals surface area contributed by atoms with Crippen molar-refractivity contribution in [3.05, 3.63) is 72.3 Å². The van der Waals surface area contributed by atoms with Gasteiger partial charge in [0.05, 0.1) is 11.0 Å². The number of hydrogen-bond acceptors (Lipinski definition) is 4. The van der Waals surface area contributed by atoms with Crippen LogP contribution in [0.4, 0.5) is 5.69 Å². The van der Waals surface area contributed by atoms with Crippen molar-refractivity contribution in [2.45, 2.75) is 6.54 Å². The third-order valence-electron chi connectivity index (χ3n) is 4.67. The molecule has 0 atom stereocenters.